The molecule has 16 heteroatoms. The fourth-order valence-electron chi connectivity index (χ4n) is 2.79. The van der Waals surface area contributed by atoms with E-state index in [-0.39, 0.29) is 58.5 Å². The second kappa shape index (κ2) is 20.2. The highest BCUT2D eigenvalue weighted by molar-refractivity contribution is 8.15. The maximum absolute atomic E-state index is 11.1. The molecule has 0 aromatic carbocycles. The van der Waals surface area contributed by atoms with Crippen molar-refractivity contribution >= 4 is 52.6 Å². The number of amides is 3. The zero-order valence-electron chi connectivity index (χ0n) is 27.5. The molecular formula is C29H44N2O13S. The molecule has 3 rings (SSSR count). The zero-order chi connectivity index (χ0) is 35.0. The van der Waals surface area contributed by atoms with Crippen LogP contribution in [0, 0.1) is 30.6 Å². The smallest absolute Gasteiger partial charge is 0.457 e. The lowest BCUT2D eigenvalue weighted by molar-refractivity contribution is -0.185. The van der Waals surface area contributed by atoms with Gasteiger partial charge in [-0.05, 0) is 18.8 Å². The fourth-order valence-corrected chi connectivity index (χ4v) is 3.62. The van der Waals surface area contributed by atoms with Gasteiger partial charge in [-0.2, -0.15) is 4.99 Å². The van der Waals surface area contributed by atoms with Crippen LogP contribution in [0.4, 0.5) is 9.59 Å². The molecule has 1 fully saturated rings. The summed E-state index contributed by atoms with van der Waals surface area (Å²) in [5.41, 5.74) is 0.847. The van der Waals surface area contributed by atoms with Crippen molar-refractivity contribution in [2.75, 3.05) is 6.61 Å². The van der Waals surface area contributed by atoms with E-state index < -0.39 is 24.2 Å². The van der Waals surface area contributed by atoms with Gasteiger partial charge < -0.3 is 27.8 Å². The summed E-state index contributed by atoms with van der Waals surface area (Å²) in [7, 11) is 0. The molecule has 1 N–H and O–H groups in total. The molecule has 0 radical (unpaired) electrons. The summed E-state index contributed by atoms with van der Waals surface area (Å²) in [6.07, 6.45) is -1.24. The topological polar surface area (TPSA) is 207 Å². The Morgan fingerprint density at radius 3 is 1.80 bits per heavy atom. The number of aliphatic imine (C=N–C) groups is 1. The molecule has 2 aliphatic rings. The second-order valence-electron chi connectivity index (χ2n) is 10.8. The maximum Gasteiger partial charge on any atom is 0.519 e. The van der Waals surface area contributed by atoms with Gasteiger partial charge in [-0.1, -0.05) is 67.2 Å². The minimum atomic E-state index is -0.794. The number of aryl methyl sites for hydroxylation is 1. The van der Waals surface area contributed by atoms with Gasteiger partial charge in [-0.3, -0.25) is 29.3 Å². The number of hydrogen-bond donors (Lipinski definition) is 1. The Morgan fingerprint density at radius 2 is 1.49 bits per heavy atom. The largest absolute Gasteiger partial charge is 0.519 e. The van der Waals surface area contributed by atoms with Crippen LogP contribution in [0.3, 0.4) is 0 Å². The molecule has 3 heterocycles. The lowest BCUT2D eigenvalue weighted by Gasteiger charge is -2.13. The molecule has 1 aromatic heterocycles. The SMILES string of the molecule is CC(=O)OC(C)OC(=O)C(C)C.CC(C)C1=NC(=O)OC1.CC(C)C1SC(=O)NC1=O.Cc1oc(=O)oc1COC(=O)C(C)C. The average Bonchev–Trinajstić information content (AvgIpc) is 3.60. The number of esters is 3. The van der Waals surface area contributed by atoms with Crippen LogP contribution >= 0.6 is 11.8 Å². The molecule has 3 amide bonds. The Balaban J connectivity index is 0.000000581. The number of nitrogens with zero attached hydrogens (tertiary/aromatic N) is 1. The first-order valence-electron chi connectivity index (χ1n) is 14.1. The molecule has 45 heavy (non-hydrogen) atoms. The lowest BCUT2D eigenvalue weighted by Crippen LogP contribution is -2.27. The highest BCUT2D eigenvalue weighted by atomic mass is 32.2. The van der Waals surface area contributed by atoms with Crippen molar-refractivity contribution in [2.24, 2.45) is 28.7 Å². The summed E-state index contributed by atoms with van der Waals surface area (Å²) in [6, 6.07) is 0. The Morgan fingerprint density at radius 1 is 0.911 bits per heavy atom. The lowest BCUT2D eigenvalue weighted by atomic mass is 10.1. The standard InChI is InChI=1S/C9H12O5.C8H14O4.C6H9NO2S.C6H9NO2/c1-5(2)8(10)12-4-7-6(3)13-9(11)14-7;1-5(2)8(10)12-7(4)11-6(3)9;1-3(2)4-5(8)7-6(9)10-4;1-4(2)5-3-9-6(8)7-5/h5H,4H2,1-3H3;5,7H,1-4H3;3-4H,1-2H3,(H,7,8,9);4H,3H2,1-2H3. The molecule has 1 aromatic rings. The predicted molar refractivity (Wildman–Crippen MR) is 162 cm³/mol. The Labute approximate surface area is 266 Å². The van der Waals surface area contributed by atoms with Crippen LogP contribution in [0.25, 0.3) is 0 Å². The third-order valence-electron chi connectivity index (χ3n) is 5.31. The maximum atomic E-state index is 11.1. The van der Waals surface area contributed by atoms with Gasteiger partial charge in [0.1, 0.15) is 6.61 Å². The van der Waals surface area contributed by atoms with Crippen LogP contribution < -0.4 is 11.1 Å². The van der Waals surface area contributed by atoms with Crippen molar-refractivity contribution < 1.29 is 56.5 Å². The predicted octanol–water partition coefficient (Wildman–Crippen LogP) is 4.56. The number of ether oxygens (including phenoxy) is 4. The van der Waals surface area contributed by atoms with E-state index in [4.69, 9.17) is 9.47 Å². The zero-order valence-corrected chi connectivity index (χ0v) is 28.4. The molecule has 0 spiro atoms. The Kier molecular flexibility index (Phi) is 18.4. The van der Waals surface area contributed by atoms with Crippen molar-refractivity contribution in [3.05, 3.63) is 22.1 Å². The van der Waals surface area contributed by atoms with Gasteiger partial charge in [-0.25, -0.2) is 9.59 Å². The van der Waals surface area contributed by atoms with Gasteiger partial charge in [0.15, 0.2) is 18.1 Å². The van der Waals surface area contributed by atoms with Crippen molar-refractivity contribution in [3.63, 3.8) is 0 Å². The first-order valence-corrected chi connectivity index (χ1v) is 15.0. The van der Waals surface area contributed by atoms with Crippen molar-refractivity contribution in [1.82, 2.24) is 5.32 Å². The molecule has 2 unspecified atom stereocenters. The van der Waals surface area contributed by atoms with Gasteiger partial charge in [0.25, 0.3) is 5.24 Å². The highest BCUT2D eigenvalue weighted by Gasteiger charge is 2.33. The van der Waals surface area contributed by atoms with E-state index in [1.807, 2.05) is 27.7 Å². The van der Waals surface area contributed by atoms with Crippen LogP contribution in [0.2, 0.25) is 0 Å². The molecule has 254 valence electrons. The highest BCUT2D eigenvalue weighted by Crippen LogP contribution is 2.25. The van der Waals surface area contributed by atoms with E-state index in [0.717, 1.165) is 17.5 Å². The number of carbonyl (C=O) groups is 6. The van der Waals surface area contributed by atoms with Crippen LogP contribution in [0.1, 0.15) is 80.8 Å². The Bertz CT molecular complexity index is 1260. The number of carbonyl (C=O) groups excluding carboxylic acids is 6. The van der Waals surface area contributed by atoms with Gasteiger partial charge in [0.2, 0.25) is 12.2 Å². The number of rotatable bonds is 8. The minimum Gasteiger partial charge on any atom is -0.457 e. The minimum absolute atomic E-state index is 0.0609. The van der Waals surface area contributed by atoms with Crippen LogP contribution in [-0.2, 0) is 44.7 Å². The van der Waals surface area contributed by atoms with E-state index in [1.54, 1.807) is 34.6 Å². The van der Waals surface area contributed by atoms with E-state index in [2.05, 4.69) is 28.6 Å². The normalized spacial score (nSPS) is 15.9. The summed E-state index contributed by atoms with van der Waals surface area (Å²) < 4.78 is 28.0. The molecule has 0 bridgehead atoms. The number of imide groups is 1. The van der Waals surface area contributed by atoms with Crippen molar-refractivity contribution in [1.29, 1.82) is 0 Å². The quantitative estimate of drug-likeness (QED) is 0.230. The van der Waals surface area contributed by atoms with Crippen LogP contribution in [0.5, 0.6) is 0 Å². The molecule has 15 nitrogen and oxygen atoms in total. The number of thioether (sulfide) groups is 1. The van der Waals surface area contributed by atoms with Crippen molar-refractivity contribution in [3.8, 4) is 0 Å². The monoisotopic (exact) mass is 660 g/mol. The Hall–Kier alpha value is -3.95. The molecule has 0 aliphatic carbocycles. The molecule has 0 saturated carbocycles. The summed E-state index contributed by atoms with van der Waals surface area (Å²) >= 11 is 1.08. The molecule has 2 atom stereocenters. The van der Waals surface area contributed by atoms with Gasteiger partial charge >= 0.3 is 29.8 Å². The van der Waals surface area contributed by atoms with Crippen LogP contribution in [-0.4, -0.2) is 59.0 Å². The first-order chi connectivity index (χ1) is 20.7. The summed E-state index contributed by atoms with van der Waals surface area (Å²) in [5.74, 6) is -1.35. The third kappa shape index (κ3) is 17.2. The van der Waals surface area contributed by atoms with E-state index >= 15 is 0 Å². The second-order valence-corrected chi connectivity index (χ2v) is 12.0. The first kappa shape index (κ1) is 41.0. The van der Waals surface area contributed by atoms with Gasteiger partial charge in [-0.15, -0.1) is 0 Å². The third-order valence-corrected chi connectivity index (χ3v) is 6.63. The average molecular weight is 661 g/mol. The number of cyclic esters (lactones) is 1. The van der Waals surface area contributed by atoms with E-state index in [1.165, 1.54) is 13.8 Å². The summed E-state index contributed by atoms with van der Waals surface area (Å²) in [4.78, 5) is 78.5. The van der Waals surface area contributed by atoms with E-state index in [9.17, 15) is 33.6 Å². The van der Waals surface area contributed by atoms with E-state index in [0.29, 0.717) is 18.3 Å². The van der Waals surface area contributed by atoms with Gasteiger partial charge in [0.05, 0.1) is 22.8 Å². The van der Waals surface area contributed by atoms with Crippen LogP contribution in [0.15, 0.2) is 18.6 Å². The summed E-state index contributed by atoms with van der Waals surface area (Å²) in [6.45, 7) is 19.4. The number of nitrogens with one attached hydrogen (secondary N) is 1. The molecule has 1 saturated heterocycles. The summed E-state index contributed by atoms with van der Waals surface area (Å²) in [5, 5.41) is 1.84. The molecule has 2 aliphatic heterocycles. The van der Waals surface area contributed by atoms with Gasteiger partial charge in [0, 0.05) is 13.8 Å². The number of hydrogen-bond acceptors (Lipinski definition) is 14. The van der Waals surface area contributed by atoms with Crippen molar-refractivity contribution in [2.45, 2.75) is 94.3 Å². The molecular weight excluding hydrogens is 616 g/mol. The fraction of sp³-hybridized carbons (Fsp3) is 0.655.